The Kier molecular flexibility index (Phi) is 4.97. The van der Waals surface area contributed by atoms with Gasteiger partial charge in [0.1, 0.15) is 11.4 Å². The van der Waals surface area contributed by atoms with Gasteiger partial charge in [-0.3, -0.25) is 4.79 Å². The monoisotopic (exact) mass is 318 g/mol. The van der Waals surface area contributed by atoms with Gasteiger partial charge in [0.15, 0.2) is 11.7 Å². The third-order valence-electron chi connectivity index (χ3n) is 4.32. The number of likely N-dealkylation sites (tertiary alicyclic amines) is 1. The fraction of sp³-hybridized carbons (Fsp3) is 0.667. The zero-order valence-electron chi connectivity index (χ0n) is 12.8. The summed E-state index contributed by atoms with van der Waals surface area (Å²) in [4.78, 5) is 13.3. The van der Waals surface area contributed by atoms with Crippen LogP contribution in [0.1, 0.15) is 33.1 Å². The third kappa shape index (κ3) is 3.20. The number of hydrogen-bond acceptors (Lipinski definition) is 3. The average Bonchev–Trinajstić information content (AvgIpc) is 2.49. The van der Waals surface area contributed by atoms with Crippen molar-refractivity contribution in [2.75, 3.05) is 19.6 Å². The molecule has 2 aliphatic heterocycles. The van der Waals surface area contributed by atoms with E-state index in [1.54, 1.807) is 0 Å². The highest BCUT2D eigenvalue weighted by Crippen LogP contribution is 2.31. The first-order chi connectivity index (χ1) is 10.3. The van der Waals surface area contributed by atoms with E-state index in [-0.39, 0.29) is 19.1 Å². The first-order valence-electron chi connectivity index (χ1n) is 7.40. The maximum absolute atomic E-state index is 13.6. The van der Waals surface area contributed by atoms with E-state index in [4.69, 9.17) is 0 Å². The number of hydrogen-bond donors (Lipinski definition) is 2. The summed E-state index contributed by atoms with van der Waals surface area (Å²) in [5, 5.41) is 13.7. The summed E-state index contributed by atoms with van der Waals surface area (Å²) in [7, 11) is 0. The molecule has 0 aromatic rings. The Morgan fingerprint density at radius 1 is 1.18 bits per heavy atom. The van der Waals surface area contributed by atoms with Crippen LogP contribution < -0.4 is 5.32 Å². The van der Waals surface area contributed by atoms with Gasteiger partial charge in [-0.1, -0.05) is 6.42 Å². The minimum absolute atomic E-state index is 0.0636. The summed E-state index contributed by atoms with van der Waals surface area (Å²) in [6.07, 6.45) is 2.88. The SMILES string of the molecule is CC(F)=C(F)C(F)=C(C)C(=O)N1CC(O)(C2CCCCN2)C1. The molecule has 22 heavy (non-hydrogen) atoms. The molecule has 0 radical (unpaired) electrons. The molecule has 1 atom stereocenters. The molecule has 0 spiro atoms. The summed E-state index contributed by atoms with van der Waals surface area (Å²) in [6.45, 7) is 2.84. The molecular formula is C15H21F3N2O2. The van der Waals surface area contributed by atoms with Crippen LogP contribution in [0.2, 0.25) is 0 Å². The van der Waals surface area contributed by atoms with Crippen LogP contribution in [-0.4, -0.2) is 47.2 Å². The lowest BCUT2D eigenvalue weighted by molar-refractivity contribution is -0.158. The van der Waals surface area contributed by atoms with Crippen molar-refractivity contribution < 1.29 is 23.1 Å². The van der Waals surface area contributed by atoms with Crippen LogP contribution in [0.25, 0.3) is 0 Å². The Morgan fingerprint density at radius 2 is 1.82 bits per heavy atom. The second-order valence-corrected chi connectivity index (χ2v) is 6.05. The van der Waals surface area contributed by atoms with Gasteiger partial charge in [-0.25, -0.2) is 13.2 Å². The van der Waals surface area contributed by atoms with Crippen molar-refractivity contribution in [1.82, 2.24) is 10.2 Å². The van der Waals surface area contributed by atoms with E-state index in [0.717, 1.165) is 39.7 Å². The number of halogens is 3. The molecule has 0 bridgehead atoms. The van der Waals surface area contributed by atoms with E-state index in [1.807, 2.05) is 0 Å². The largest absolute Gasteiger partial charge is 0.385 e. The number of aliphatic hydroxyl groups is 1. The second kappa shape index (κ2) is 6.42. The lowest BCUT2D eigenvalue weighted by Gasteiger charge is -2.51. The number of rotatable bonds is 3. The molecule has 2 saturated heterocycles. The molecule has 1 unspecified atom stereocenters. The summed E-state index contributed by atoms with van der Waals surface area (Å²) in [6, 6.07) is -0.0934. The first-order valence-corrected chi connectivity index (χ1v) is 7.40. The van der Waals surface area contributed by atoms with Gasteiger partial charge in [0, 0.05) is 6.04 Å². The number of piperidine rings is 1. The minimum atomic E-state index is -1.66. The van der Waals surface area contributed by atoms with E-state index in [1.165, 1.54) is 4.90 Å². The van der Waals surface area contributed by atoms with Crippen molar-refractivity contribution in [2.45, 2.75) is 44.8 Å². The Bertz CT molecular complexity index is 515. The molecule has 0 aromatic carbocycles. The molecule has 2 rings (SSSR count). The molecule has 4 nitrogen and oxygen atoms in total. The topological polar surface area (TPSA) is 52.6 Å². The van der Waals surface area contributed by atoms with Gasteiger partial charge in [-0.05, 0) is 33.2 Å². The van der Waals surface area contributed by atoms with E-state index in [2.05, 4.69) is 5.32 Å². The molecule has 1 amide bonds. The molecule has 0 saturated carbocycles. The van der Waals surface area contributed by atoms with Crippen molar-refractivity contribution >= 4 is 5.91 Å². The molecule has 2 N–H and O–H groups in total. The number of allylic oxidation sites excluding steroid dienone is 3. The number of carbonyl (C=O) groups is 1. The molecule has 7 heteroatoms. The highest BCUT2D eigenvalue weighted by molar-refractivity contribution is 5.94. The first kappa shape index (κ1) is 17.0. The van der Waals surface area contributed by atoms with Crippen molar-refractivity contribution in [1.29, 1.82) is 0 Å². The molecule has 0 aromatic heterocycles. The second-order valence-electron chi connectivity index (χ2n) is 6.05. The summed E-state index contributed by atoms with van der Waals surface area (Å²) in [5.41, 5.74) is -1.52. The molecular weight excluding hydrogens is 297 g/mol. The maximum atomic E-state index is 13.6. The van der Waals surface area contributed by atoms with Crippen LogP contribution in [0.15, 0.2) is 23.1 Å². The lowest BCUT2D eigenvalue weighted by Crippen LogP contribution is -2.72. The van der Waals surface area contributed by atoms with Crippen LogP contribution in [0.3, 0.4) is 0 Å². The van der Waals surface area contributed by atoms with E-state index in [9.17, 15) is 23.1 Å². The normalized spacial score (nSPS) is 26.8. The summed E-state index contributed by atoms with van der Waals surface area (Å²) < 4.78 is 39.5. The smallest absolute Gasteiger partial charge is 0.252 e. The van der Waals surface area contributed by atoms with Gasteiger partial charge >= 0.3 is 0 Å². The van der Waals surface area contributed by atoms with Gasteiger partial charge in [0.2, 0.25) is 0 Å². The number of β-amino-alcohol motifs (C(OH)–C–C–N with tert-alkyl or cyclic N) is 1. The Balaban J connectivity index is 2.02. The van der Waals surface area contributed by atoms with E-state index in [0.29, 0.717) is 0 Å². The van der Waals surface area contributed by atoms with Crippen molar-refractivity contribution in [3.63, 3.8) is 0 Å². The highest BCUT2D eigenvalue weighted by atomic mass is 19.2. The zero-order chi connectivity index (χ0) is 16.5. The minimum Gasteiger partial charge on any atom is -0.385 e. The van der Waals surface area contributed by atoms with Crippen molar-refractivity contribution in [3.05, 3.63) is 23.1 Å². The van der Waals surface area contributed by atoms with Crippen LogP contribution >= 0.6 is 0 Å². The predicted octanol–water partition coefficient (Wildman–Crippen LogP) is 2.12. The molecule has 2 heterocycles. The van der Waals surface area contributed by atoms with Crippen LogP contribution in [0.4, 0.5) is 13.2 Å². The summed E-state index contributed by atoms with van der Waals surface area (Å²) >= 11 is 0. The fourth-order valence-electron chi connectivity index (χ4n) is 2.94. The third-order valence-corrected chi connectivity index (χ3v) is 4.32. The van der Waals surface area contributed by atoms with Gasteiger partial charge in [0.05, 0.1) is 18.7 Å². The summed E-state index contributed by atoms with van der Waals surface area (Å²) in [5.74, 6) is -5.18. The molecule has 0 aliphatic carbocycles. The Hall–Kier alpha value is -1.34. The van der Waals surface area contributed by atoms with Crippen molar-refractivity contribution in [3.8, 4) is 0 Å². The predicted molar refractivity (Wildman–Crippen MR) is 75.9 cm³/mol. The van der Waals surface area contributed by atoms with Gasteiger partial charge in [0.25, 0.3) is 5.91 Å². The standard InChI is InChI=1S/C15H21F3N2O2/c1-9(12(17)13(18)10(2)16)14(21)20-7-15(22,8-20)11-5-3-4-6-19-11/h11,19,22H,3-8H2,1-2H3. The zero-order valence-corrected chi connectivity index (χ0v) is 12.8. The number of nitrogens with one attached hydrogen (secondary N) is 1. The molecule has 2 aliphatic rings. The Labute approximate surface area is 127 Å². The molecule has 124 valence electrons. The quantitative estimate of drug-likeness (QED) is 0.619. The van der Waals surface area contributed by atoms with Crippen LogP contribution in [0.5, 0.6) is 0 Å². The number of amides is 1. The van der Waals surface area contributed by atoms with Gasteiger partial charge in [-0.15, -0.1) is 0 Å². The Morgan fingerprint density at radius 3 is 2.32 bits per heavy atom. The molecule has 2 fully saturated rings. The van der Waals surface area contributed by atoms with E-state index >= 15 is 0 Å². The highest BCUT2D eigenvalue weighted by Gasteiger charge is 2.49. The van der Waals surface area contributed by atoms with Gasteiger partial charge in [-0.2, -0.15) is 0 Å². The van der Waals surface area contributed by atoms with Crippen LogP contribution in [0, 0.1) is 0 Å². The lowest BCUT2D eigenvalue weighted by atomic mass is 9.81. The van der Waals surface area contributed by atoms with Crippen molar-refractivity contribution in [2.24, 2.45) is 0 Å². The van der Waals surface area contributed by atoms with E-state index < -0.39 is 34.6 Å². The maximum Gasteiger partial charge on any atom is 0.252 e. The van der Waals surface area contributed by atoms with Gasteiger partial charge < -0.3 is 15.3 Å². The van der Waals surface area contributed by atoms with Crippen LogP contribution in [-0.2, 0) is 4.79 Å². The number of carbonyl (C=O) groups excluding carboxylic acids is 1. The fourth-order valence-corrected chi connectivity index (χ4v) is 2.94. The number of nitrogens with zero attached hydrogens (tertiary/aromatic N) is 1. The average molecular weight is 318 g/mol.